The minimum Gasteiger partial charge on any atom is -0.457 e. The predicted molar refractivity (Wildman–Crippen MR) is 370 cm³/mol. The normalized spacial score (nSPS) is 12.5. The highest BCUT2D eigenvalue weighted by atomic mass is 32.2. The third-order valence-corrected chi connectivity index (χ3v) is 20.8. The number of hydrogen-bond donors (Lipinski definition) is 6. The summed E-state index contributed by atoms with van der Waals surface area (Å²) >= 11 is 0. The van der Waals surface area contributed by atoms with Crippen LogP contribution in [-0.4, -0.2) is 91.8 Å². The van der Waals surface area contributed by atoms with Gasteiger partial charge in [0.05, 0.1) is 0 Å². The summed E-state index contributed by atoms with van der Waals surface area (Å²) in [7, 11) is -18.5. The number of fused-ring (bicyclic) bond motifs is 24. The summed E-state index contributed by atoms with van der Waals surface area (Å²) in [6.07, 6.45) is 0. The monoisotopic (exact) mass is 1400 g/mol. The molecule has 3 aliphatic heterocycles. The van der Waals surface area contributed by atoms with E-state index in [2.05, 4.69) is 9.97 Å². The van der Waals surface area contributed by atoms with Crippen LogP contribution in [0.3, 0.4) is 0 Å². The number of rotatable bonds is 12. The van der Waals surface area contributed by atoms with Crippen LogP contribution in [0.1, 0.15) is 0 Å². The number of hydrogen-bond acceptors (Lipinski definition) is 18. The molecule has 0 unspecified atom stereocenters. The van der Waals surface area contributed by atoms with E-state index in [1.165, 1.54) is 48.5 Å². The molecule has 28 heteroatoms. The van der Waals surface area contributed by atoms with Gasteiger partial charge in [-0.1, -0.05) is 97.1 Å². The lowest BCUT2D eigenvalue weighted by Gasteiger charge is -2.12. The highest BCUT2D eigenvalue weighted by Crippen LogP contribution is 2.46. The van der Waals surface area contributed by atoms with Crippen LogP contribution in [0.4, 0.5) is 0 Å². The van der Waals surface area contributed by atoms with E-state index in [-0.39, 0.29) is 122 Å². The topological polar surface area (TPSA) is 363 Å². The zero-order valence-corrected chi connectivity index (χ0v) is 54.1. The van der Waals surface area contributed by atoms with Gasteiger partial charge in [-0.05, 0) is 121 Å². The Balaban J connectivity index is 0.886. The van der Waals surface area contributed by atoms with Crippen molar-refractivity contribution in [1.29, 1.82) is 0 Å². The van der Waals surface area contributed by atoms with Gasteiger partial charge in [-0.3, -0.25) is 18.2 Å². The van der Waals surface area contributed by atoms with Crippen molar-refractivity contribution in [2.24, 2.45) is 0 Å². The number of H-pyrrole nitrogens is 2. The third kappa shape index (κ3) is 10.8. The van der Waals surface area contributed by atoms with E-state index in [4.69, 9.17) is 48.9 Å². The standard InChI is InChI=1S/C72H42N8O16S4/c81-97(82,83)61-21-5-9-41-45(61)13-1-17-57(41)93-37-25-29-49-53(33-37)69-73-65(49)78-70-55-35-39(95-59-19-3-15-47-43(59)11-7-23-63(47)99(87,88)89)27-31-51(55)67(75-70)80-72-56-36-40(96-60-20-4-16-48-44(60)12-8-24-64(48)100(90,91)92)28-32-52(56)68(76-72)79-71-54-34-38(26-30-50(54)66(74-71)77-69)94-58-18-2-14-46-42(58)10-6-22-62(46)98(84,85)86/h1-36H,(H,81,82,83)(H,84,85,86)(H,87,88,89)(H,90,91,92)(H2,73,74,75,76,77,78,79,80). The number of benzene rings is 12. The van der Waals surface area contributed by atoms with E-state index in [1.807, 2.05) is 0 Å². The maximum Gasteiger partial charge on any atom is 0.295 e. The van der Waals surface area contributed by atoms with Gasteiger partial charge in [0, 0.05) is 87.2 Å². The largest absolute Gasteiger partial charge is 0.457 e. The smallest absolute Gasteiger partial charge is 0.295 e. The van der Waals surface area contributed by atoms with E-state index < -0.39 is 40.5 Å². The summed E-state index contributed by atoms with van der Waals surface area (Å²) in [6, 6.07) is 57.5. The number of ether oxygens (including phenoxy) is 4. The van der Waals surface area contributed by atoms with Crippen molar-refractivity contribution in [3.8, 4) is 114 Å². The molecule has 2 aromatic heterocycles. The maximum absolute atomic E-state index is 12.5. The molecule has 0 aliphatic carbocycles. The molecule has 0 amide bonds. The fourth-order valence-electron chi connectivity index (χ4n) is 12.7. The lowest BCUT2D eigenvalue weighted by atomic mass is 10.1. The minimum atomic E-state index is -4.64. The quantitative estimate of drug-likeness (QED) is 0.0619. The summed E-state index contributed by atoms with van der Waals surface area (Å²) in [6.45, 7) is 0. The summed E-state index contributed by atoms with van der Waals surface area (Å²) in [5, 5.41) is 3.46. The molecule has 24 nitrogen and oxygen atoms in total. The molecule has 12 aromatic carbocycles. The summed E-state index contributed by atoms with van der Waals surface area (Å²) < 4.78 is 167. The molecule has 0 saturated carbocycles. The van der Waals surface area contributed by atoms with Crippen LogP contribution in [0.25, 0.3) is 133 Å². The lowest BCUT2D eigenvalue weighted by molar-refractivity contribution is 0.481. The Morgan fingerprint density at radius 1 is 0.260 bits per heavy atom. The molecule has 100 heavy (non-hydrogen) atoms. The molecule has 0 radical (unpaired) electrons. The molecule has 0 spiro atoms. The van der Waals surface area contributed by atoms with Crippen molar-refractivity contribution < 1.29 is 70.8 Å². The van der Waals surface area contributed by atoms with E-state index in [9.17, 15) is 51.9 Å². The summed E-state index contributed by atoms with van der Waals surface area (Å²) in [5.74, 6) is 3.06. The average Bonchev–Trinajstić information content (AvgIpc) is 1.58. The van der Waals surface area contributed by atoms with Crippen LogP contribution in [0, 0.1) is 0 Å². The van der Waals surface area contributed by atoms with Crippen molar-refractivity contribution in [2.45, 2.75) is 19.6 Å². The van der Waals surface area contributed by atoms with Gasteiger partial charge < -0.3 is 28.9 Å². The van der Waals surface area contributed by atoms with Crippen molar-refractivity contribution in [1.82, 2.24) is 39.9 Å². The Hall–Kier alpha value is -12.1. The second kappa shape index (κ2) is 22.7. The number of nitrogens with one attached hydrogen (secondary N) is 2. The van der Waals surface area contributed by atoms with Crippen LogP contribution in [-0.2, 0) is 40.5 Å². The first-order chi connectivity index (χ1) is 48.0. The van der Waals surface area contributed by atoms with Crippen LogP contribution < -0.4 is 18.9 Å². The van der Waals surface area contributed by atoms with E-state index in [0.29, 0.717) is 77.1 Å². The average molecular weight is 1400 g/mol. The first-order valence-corrected chi connectivity index (χ1v) is 35.9. The first-order valence-electron chi connectivity index (χ1n) is 30.1. The summed E-state index contributed by atoms with van der Waals surface area (Å²) in [5.41, 5.74) is 3.33. The second-order valence-electron chi connectivity index (χ2n) is 23.2. The molecule has 14 aromatic rings. The van der Waals surface area contributed by atoms with Gasteiger partial charge in [0.25, 0.3) is 40.5 Å². The van der Waals surface area contributed by atoms with Crippen molar-refractivity contribution in [3.05, 3.63) is 218 Å². The molecule has 6 N–H and O–H groups in total. The van der Waals surface area contributed by atoms with Gasteiger partial charge in [-0.2, -0.15) is 33.7 Å². The van der Waals surface area contributed by atoms with Crippen LogP contribution in [0.15, 0.2) is 238 Å². The van der Waals surface area contributed by atoms with Gasteiger partial charge in [-0.25, -0.2) is 29.9 Å². The van der Waals surface area contributed by atoms with Gasteiger partial charge in [0.15, 0.2) is 29.1 Å². The van der Waals surface area contributed by atoms with Crippen molar-refractivity contribution >= 4 is 106 Å². The molecule has 490 valence electrons. The molecule has 0 saturated heterocycles. The van der Waals surface area contributed by atoms with Gasteiger partial charge in [0.2, 0.25) is 0 Å². The third-order valence-electron chi connectivity index (χ3n) is 17.1. The number of aromatic amines is 2. The highest BCUT2D eigenvalue weighted by molar-refractivity contribution is 7.86. The molecule has 8 bridgehead atoms. The van der Waals surface area contributed by atoms with E-state index in [0.717, 1.165) is 0 Å². The SMILES string of the molecule is O=S(=O)(O)c1cccc2c(Oc3ccc4c(c3)-c3nc5nc(nc6[nH]c([nH]c7nc(nc-4n3)-c3cc(Oc4cccc8c(S(=O)(=O)O)cccc48)ccc3-7)c3cc(Oc4cccc7c(S(=O)(=O)O)cccc47)ccc63)-c3cc(Oc4cccc6c(S(=O)(=O)O)cccc46)ccc3-5)cccc12. The Kier molecular flexibility index (Phi) is 14.0. The predicted octanol–water partition coefficient (Wildman–Crippen LogP) is 15.5. The lowest BCUT2D eigenvalue weighted by Crippen LogP contribution is -1.99. The fraction of sp³-hybridized carbons (Fsp3) is 0. The van der Waals surface area contributed by atoms with Crippen LogP contribution in [0.2, 0.25) is 0 Å². The van der Waals surface area contributed by atoms with Crippen LogP contribution >= 0.6 is 0 Å². The van der Waals surface area contributed by atoms with E-state index in [1.54, 1.807) is 170 Å². The Bertz CT molecular complexity index is 6710. The van der Waals surface area contributed by atoms with E-state index >= 15 is 0 Å². The maximum atomic E-state index is 12.5. The Labute approximate surface area is 565 Å². The molecular formula is C72H42N8O16S4. The molecule has 0 fully saturated rings. The zero-order chi connectivity index (χ0) is 68.7. The van der Waals surface area contributed by atoms with Gasteiger partial charge in [-0.15, -0.1) is 0 Å². The van der Waals surface area contributed by atoms with Crippen LogP contribution in [0.5, 0.6) is 46.0 Å². The molecule has 0 atom stereocenters. The van der Waals surface area contributed by atoms with Gasteiger partial charge >= 0.3 is 0 Å². The van der Waals surface area contributed by atoms with Crippen molar-refractivity contribution in [3.63, 3.8) is 0 Å². The molecule has 17 rings (SSSR count). The minimum absolute atomic E-state index is 0.105. The summed E-state index contributed by atoms with van der Waals surface area (Å²) in [4.78, 5) is 36.7. The number of nitrogens with zero attached hydrogens (tertiary/aromatic N) is 6. The Morgan fingerprint density at radius 3 is 0.940 bits per heavy atom. The molecular weight excluding hydrogens is 1360 g/mol. The first kappa shape index (κ1) is 61.5. The number of aromatic nitrogens is 8. The Morgan fingerprint density at radius 2 is 0.560 bits per heavy atom. The molecule has 3 aliphatic rings. The fourth-order valence-corrected chi connectivity index (χ4v) is 15.6. The van der Waals surface area contributed by atoms with Crippen molar-refractivity contribution in [2.75, 3.05) is 0 Å². The second-order valence-corrected chi connectivity index (χ2v) is 28.7. The zero-order valence-electron chi connectivity index (χ0n) is 50.8. The highest BCUT2D eigenvalue weighted by Gasteiger charge is 2.29. The molecule has 5 heterocycles. The van der Waals surface area contributed by atoms with Gasteiger partial charge in [0.1, 0.15) is 82.7 Å².